The molecule has 1 heterocycles. The molecule has 0 bridgehead atoms. The van der Waals surface area contributed by atoms with Crippen LogP contribution in [-0.2, 0) is 9.53 Å². The van der Waals surface area contributed by atoms with Gasteiger partial charge in [-0.2, -0.15) is 0 Å². The van der Waals surface area contributed by atoms with Gasteiger partial charge in [-0.05, 0) is 52.0 Å². The van der Waals surface area contributed by atoms with Crippen molar-refractivity contribution in [2.45, 2.75) is 33.6 Å². The van der Waals surface area contributed by atoms with Crippen molar-refractivity contribution < 1.29 is 9.53 Å². The first kappa shape index (κ1) is 14.2. The van der Waals surface area contributed by atoms with Gasteiger partial charge in [-0.15, -0.1) is 6.58 Å². The minimum absolute atomic E-state index is 0.110. The zero-order valence-corrected chi connectivity index (χ0v) is 11.3. The number of hydrogen-bond donors (Lipinski definition) is 1. The number of rotatable bonds is 4. The number of hydrogen-bond acceptors (Lipinski definition) is 3. The molecule has 1 rings (SSSR count). The Bertz CT molecular complexity index is 268. The van der Waals surface area contributed by atoms with Gasteiger partial charge in [-0.1, -0.05) is 6.08 Å². The first-order valence-corrected chi connectivity index (χ1v) is 6.45. The molecule has 1 fully saturated rings. The number of carbonyl (C=O) groups is 1. The van der Waals surface area contributed by atoms with E-state index in [1.165, 1.54) is 0 Å². The minimum Gasteiger partial charge on any atom is -0.465 e. The molecule has 98 valence electrons. The summed E-state index contributed by atoms with van der Waals surface area (Å²) in [5.41, 5.74) is -0.397. The average molecular weight is 239 g/mol. The van der Waals surface area contributed by atoms with Crippen LogP contribution in [0.15, 0.2) is 12.7 Å². The zero-order chi connectivity index (χ0) is 12.9. The molecule has 2 unspecified atom stereocenters. The Labute approximate surface area is 105 Å². The van der Waals surface area contributed by atoms with Gasteiger partial charge >= 0.3 is 5.97 Å². The number of esters is 1. The first-order valence-electron chi connectivity index (χ1n) is 6.45. The van der Waals surface area contributed by atoms with E-state index in [0.717, 1.165) is 25.9 Å². The molecule has 3 nitrogen and oxygen atoms in total. The van der Waals surface area contributed by atoms with Crippen molar-refractivity contribution in [3.8, 4) is 0 Å². The van der Waals surface area contributed by atoms with E-state index in [-0.39, 0.29) is 5.97 Å². The number of nitrogens with one attached hydrogen (secondary N) is 1. The van der Waals surface area contributed by atoms with Gasteiger partial charge in [0.05, 0.1) is 12.0 Å². The van der Waals surface area contributed by atoms with E-state index in [1.807, 2.05) is 26.8 Å². The maximum atomic E-state index is 11.6. The first-order chi connectivity index (χ1) is 7.95. The Morgan fingerprint density at radius 1 is 1.53 bits per heavy atom. The molecule has 2 atom stereocenters. The van der Waals surface area contributed by atoms with E-state index in [1.54, 1.807) is 0 Å². The molecule has 0 radical (unpaired) electrons. The van der Waals surface area contributed by atoms with Gasteiger partial charge in [-0.25, -0.2) is 0 Å². The third-order valence-electron chi connectivity index (χ3n) is 3.31. The molecular weight excluding hydrogens is 214 g/mol. The molecule has 1 N–H and O–H groups in total. The minimum atomic E-state index is -0.397. The Balaban J connectivity index is 2.30. The van der Waals surface area contributed by atoms with Crippen LogP contribution in [0.25, 0.3) is 0 Å². The van der Waals surface area contributed by atoms with Gasteiger partial charge in [0.25, 0.3) is 0 Å². The molecule has 1 saturated heterocycles. The summed E-state index contributed by atoms with van der Waals surface area (Å²) in [5, 5.41) is 3.36. The Kier molecular flexibility index (Phi) is 5.19. The SMILES string of the molecule is C=CC1CNCCC1CCOC(=O)C(C)(C)C. The van der Waals surface area contributed by atoms with Crippen molar-refractivity contribution >= 4 is 5.97 Å². The lowest BCUT2D eigenvalue weighted by atomic mass is 9.84. The van der Waals surface area contributed by atoms with Crippen molar-refractivity contribution in [3.63, 3.8) is 0 Å². The van der Waals surface area contributed by atoms with Crippen LogP contribution in [0.2, 0.25) is 0 Å². The smallest absolute Gasteiger partial charge is 0.311 e. The molecule has 1 aliphatic heterocycles. The summed E-state index contributed by atoms with van der Waals surface area (Å²) in [6.07, 6.45) is 4.10. The van der Waals surface area contributed by atoms with E-state index in [4.69, 9.17) is 4.74 Å². The van der Waals surface area contributed by atoms with Crippen LogP contribution in [0.1, 0.15) is 33.6 Å². The van der Waals surface area contributed by atoms with Gasteiger partial charge in [0.15, 0.2) is 0 Å². The van der Waals surface area contributed by atoms with E-state index >= 15 is 0 Å². The van der Waals surface area contributed by atoms with Crippen molar-refractivity contribution in [2.24, 2.45) is 17.3 Å². The van der Waals surface area contributed by atoms with Crippen LogP contribution >= 0.6 is 0 Å². The maximum absolute atomic E-state index is 11.6. The van der Waals surface area contributed by atoms with Gasteiger partial charge in [0, 0.05) is 6.54 Å². The lowest BCUT2D eigenvalue weighted by molar-refractivity contribution is -0.153. The third kappa shape index (κ3) is 4.50. The van der Waals surface area contributed by atoms with Crippen LogP contribution in [-0.4, -0.2) is 25.7 Å². The second-order valence-electron chi connectivity index (χ2n) is 5.83. The molecule has 0 spiro atoms. The summed E-state index contributed by atoms with van der Waals surface area (Å²) >= 11 is 0. The molecule has 0 aromatic rings. The summed E-state index contributed by atoms with van der Waals surface area (Å²) in [6, 6.07) is 0. The molecule has 3 heteroatoms. The number of ether oxygens (including phenoxy) is 1. The highest BCUT2D eigenvalue weighted by molar-refractivity contribution is 5.75. The van der Waals surface area contributed by atoms with Gasteiger partial charge < -0.3 is 10.1 Å². The summed E-state index contributed by atoms with van der Waals surface area (Å²) in [5.74, 6) is 1.00. The van der Waals surface area contributed by atoms with Crippen LogP contribution in [0.4, 0.5) is 0 Å². The topological polar surface area (TPSA) is 38.3 Å². The molecule has 0 aromatic carbocycles. The largest absolute Gasteiger partial charge is 0.465 e. The average Bonchev–Trinajstić information content (AvgIpc) is 2.28. The molecule has 0 amide bonds. The fourth-order valence-corrected chi connectivity index (χ4v) is 2.09. The van der Waals surface area contributed by atoms with Gasteiger partial charge in [0.2, 0.25) is 0 Å². The van der Waals surface area contributed by atoms with E-state index in [0.29, 0.717) is 18.4 Å². The summed E-state index contributed by atoms with van der Waals surface area (Å²) < 4.78 is 5.31. The molecular formula is C14H25NO2. The number of carbonyl (C=O) groups excluding carboxylic acids is 1. The number of piperidine rings is 1. The van der Waals surface area contributed by atoms with Crippen LogP contribution in [0.3, 0.4) is 0 Å². The molecule has 17 heavy (non-hydrogen) atoms. The normalized spacial score (nSPS) is 25.4. The fraction of sp³-hybridized carbons (Fsp3) is 0.786. The zero-order valence-electron chi connectivity index (χ0n) is 11.3. The maximum Gasteiger partial charge on any atom is 0.311 e. The fourth-order valence-electron chi connectivity index (χ4n) is 2.09. The summed E-state index contributed by atoms with van der Waals surface area (Å²) in [6.45, 7) is 12.1. The third-order valence-corrected chi connectivity index (χ3v) is 3.31. The van der Waals surface area contributed by atoms with Crippen molar-refractivity contribution in [1.82, 2.24) is 5.32 Å². The van der Waals surface area contributed by atoms with Crippen molar-refractivity contribution in [3.05, 3.63) is 12.7 Å². The summed E-state index contributed by atoms with van der Waals surface area (Å²) in [7, 11) is 0. The van der Waals surface area contributed by atoms with Crippen LogP contribution in [0, 0.1) is 17.3 Å². The van der Waals surface area contributed by atoms with Gasteiger partial charge in [0.1, 0.15) is 0 Å². The second kappa shape index (κ2) is 6.20. The lowest BCUT2D eigenvalue weighted by Gasteiger charge is -2.30. The Morgan fingerprint density at radius 2 is 2.24 bits per heavy atom. The predicted octanol–water partition coefficient (Wildman–Crippen LogP) is 2.38. The Morgan fingerprint density at radius 3 is 2.82 bits per heavy atom. The standard InChI is InChI=1S/C14H25NO2/c1-5-11-10-15-8-6-12(11)7-9-17-13(16)14(2,3)4/h5,11-12,15H,1,6-10H2,2-4H3. The van der Waals surface area contributed by atoms with Crippen molar-refractivity contribution in [2.75, 3.05) is 19.7 Å². The predicted molar refractivity (Wildman–Crippen MR) is 69.7 cm³/mol. The highest BCUT2D eigenvalue weighted by Gasteiger charge is 2.25. The molecule has 0 aliphatic carbocycles. The monoisotopic (exact) mass is 239 g/mol. The molecule has 0 aromatic heterocycles. The van der Waals surface area contributed by atoms with Crippen LogP contribution < -0.4 is 5.32 Å². The van der Waals surface area contributed by atoms with Gasteiger partial charge in [-0.3, -0.25) is 4.79 Å². The molecule has 1 aliphatic rings. The quantitative estimate of drug-likeness (QED) is 0.604. The summed E-state index contributed by atoms with van der Waals surface area (Å²) in [4.78, 5) is 11.6. The lowest BCUT2D eigenvalue weighted by Crippen LogP contribution is -2.36. The van der Waals surface area contributed by atoms with E-state index < -0.39 is 5.41 Å². The second-order valence-corrected chi connectivity index (χ2v) is 5.83. The van der Waals surface area contributed by atoms with Crippen molar-refractivity contribution in [1.29, 1.82) is 0 Å². The highest BCUT2D eigenvalue weighted by atomic mass is 16.5. The molecule has 0 saturated carbocycles. The van der Waals surface area contributed by atoms with E-state index in [9.17, 15) is 4.79 Å². The van der Waals surface area contributed by atoms with E-state index in [2.05, 4.69) is 11.9 Å². The highest BCUT2D eigenvalue weighted by Crippen LogP contribution is 2.24. The Hall–Kier alpha value is -0.830. The van der Waals surface area contributed by atoms with Crippen LogP contribution in [0.5, 0.6) is 0 Å².